The quantitative estimate of drug-likeness (QED) is 0.786. The molecule has 1 fully saturated rings. The summed E-state index contributed by atoms with van der Waals surface area (Å²) in [5.74, 6) is 0. The minimum Gasteiger partial charge on any atom is -0.377 e. The Balaban J connectivity index is 1.75. The van der Waals surface area contributed by atoms with Crippen LogP contribution >= 0.6 is 0 Å². The van der Waals surface area contributed by atoms with Crippen LogP contribution in [0.1, 0.15) is 25.5 Å². The number of hydrogen-bond acceptors (Lipinski definition) is 5. The second-order valence-corrected chi connectivity index (χ2v) is 4.70. The van der Waals surface area contributed by atoms with Gasteiger partial charge >= 0.3 is 0 Å². The highest BCUT2D eigenvalue weighted by atomic mass is 16.5. The highest BCUT2D eigenvalue weighted by molar-refractivity contribution is 4.90. The van der Waals surface area contributed by atoms with Crippen molar-refractivity contribution in [1.82, 2.24) is 19.9 Å². The molecular formula is C12H23N5O. The molecule has 0 radical (unpaired) electrons. The van der Waals surface area contributed by atoms with E-state index in [2.05, 4.69) is 22.1 Å². The van der Waals surface area contributed by atoms with Crippen LogP contribution in [0.5, 0.6) is 0 Å². The van der Waals surface area contributed by atoms with Gasteiger partial charge in [-0.05, 0) is 26.3 Å². The van der Waals surface area contributed by atoms with Gasteiger partial charge in [0.25, 0.3) is 0 Å². The van der Waals surface area contributed by atoms with Crippen molar-refractivity contribution in [1.29, 1.82) is 0 Å². The Kier molecular flexibility index (Phi) is 5.10. The standard InChI is InChI=1S/C12H23N5O/c1-2-18-12-4-3-5-16(10-12)6-7-17-9-11(8-13)14-15-17/h9,12H,2-8,10,13H2,1H3. The molecule has 0 aliphatic carbocycles. The van der Waals surface area contributed by atoms with Gasteiger partial charge in [0.05, 0.1) is 18.3 Å². The normalized spacial score (nSPS) is 21.3. The summed E-state index contributed by atoms with van der Waals surface area (Å²) in [6, 6.07) is 0. The molecule has 1 unspecified atom stereocenters. The Morgan fingerprint density at radius 1 is 1.50 bits per heavy atom. The maximum Gasteiger partial charge on any atom is 0.0962 e. The van der Waals surface area contributed by atoms with Gasteiger partial charge < -0.3 is 10.5 Å². The maximum absolute atomic E-state index is 5.69. The molecule has 0 saturated carbocycles. The fraction of sp³-hybridized carbons (Fsp3) is 0.833. The summed E-state index contributed by atoms with van der Waals surface area (Å²) < 4.78 is 7.56. The van der Waals surface area contributed by atoms with Gasteiger partial charge in [-0.1, -0.05) is 5.21 Å². The average Bonchev–Trinajstić information content (AvgIpc) is 2.85. The molecule has 1 aliphatic rings. The first kappa shape index (κ1) is 13.5. The van der Waals surface area contributed by atoms with Crippen molar-refractivity contribution in [2.24, 2.45) is 5.73 Å². The minimum absolute atomic E-state index is 0.402. The van der Waals surface area contributed by atoms with Crippen molar-refractivity contribution in [2.45, 2.75) is 39.0 Å². The smallest absolute Gasteiger partial charge is 0.0962 e. The number of rotatable bonds is 6. The van der Waals surface area contributed by atoms with E-state index in [1.54, 1.807) is 0 Å². The summed E-state index contributed by atoms with van der Waals surface area (Å²) in [4.78, 5) is 2.44. The average molecular weight is 253 g/mol. The predicted molar refractivity (Wildman–Crippen MR) is 69.0 cm³/mol. The Labute approximate surface area is 108 Å². The van der Waals surface area contributed by atoms with E-state index >= 15 is 0 Å². The second-order valence-electron chi connectivity index (χ2n) is 4.70. The van der Waals surface area contributed by atoms with E-state index in [-0.39, 0.29) is 0 Å². The topological polar surface area (TPSA) is 69.2 Å². The van der Waals surface area contributed by atoms with Crippen molar-refractivity contribution in [2.75, 3.05) is 26.2 Å². The van der Waals surface area contributed by atoms with Gasteiger partial charge in [-0.3, -0.25) is 9.58 Å². The predicted octanol–water partition coefficient (Wildman–Crippen LogP) is 0.238. The maximum atomic E-state index is 5.69. The van der Waals surface area contributed by atoms with E-state index in [1.807, 2.05) is 10.9 Å². The van der Waals surface area contributed by atoms with Crippen molar-refractivity contribution >= 4 is 0 Å². The van der Waals surface area contributed by atoms with E-state index in [0.29, 0.717) is 12.6 Å². The van der Waals surface area contributed by atoms with Crippen LogP contribution in [0, 0.1) is 0 Å². The lowest BCUT2D eigenvalue weighted by atomic mass is 10.1. The largest absolute Gasteiger partial charge is 0.377 e. The SMILES string of the molecule is CCOC1CCCN(CCn2cc(CN)nn2)C1. The number of piperidine rings is 1. The van der Waals surface area contributed by atoms with Crippen LogP contribution < -0.4 is 5.73 Å². The Morgan fingerprint density at radius 2 is 2.39 bits per heavy atom. The lowest BCUT2D eigenvalue weighted by Gasteiger charge is -2.32. The molecule has 2 heterocycles. The Hall–Kier alpha value is -0.980. The Morgan fingerprint density at radius 3 is 3.11 bits per heavy atom. The van der Waals surface area contributed by atoms with Crippen LogP contribution in [0.2, 0.25) is 0 Å². The molecule has 6 heteroatoms. The fourth-order valence-corrected chi connectivity index (χ4v) is 2.37. The Bertz CT molecular complexity index is 352. The molecule has 2 rings (SSSR count). The van der Waals surface area contributed by atoms with Gasteiger partial charge in [0, 0.05) is 32.4 Å². The number of aromatic nitrogens is 3. The first-order valence-corrected chi connectivity index (χ1v) is 6.75. The second kappa shape index (κ2) is 6.82. The zero-order chi connectivity index (χ0) is 12.8. The van der Waals surface area contributed by atoms with E-state index in [1.165, 1.54) is 12.8 Å². The minimum atomic E-state index is 0.402. The number of likely N-dealkylation sites (tertiary alicyclic amines) is 1. The molecular weight excluding hydrogens is 230 g/mol. The van der Waals surface area contributed by atoms with Gasteiger partial charge in [0.2, 0.25) is 0 Å². The van der Waals surface area contributed by atoms with E-state index in [9.17, 15) is 0 Å². The molecule has 0 bridgehead atoms. The lowest BCUT2D eigenvalue weighted by molar-refractivity contribution is 0.00489. The molecule has 18 heavy (non-hydrogen) atoms. The van der Waals surface area contributed by atoms with Crippen LogP contribution in [0.4, 0.5) is 0 Å². The summed E-state index contributed by atoms with van der Waals surface area (Å²) in [6.07, 6.45) is 4.73. The van der Waals surface area contributed by atoms with Crippen molar-refractivity contribution in [3.05, 3.63) is 11.9 Å². The number of nitrogens with two attached hydrogens (primary N) is 1. The highest BCUT2D eigenvalue weighted by Gasteiger charge is 2.19. The van der Waals surface area contributed by atoms with E-state index in [4.69, 9.17) is 10.5 Å². The number of hydrogen-bond donors (Lipinski definition) is 1. The summed E-state index contributed by atoms with van der Waals surface area (Å²) in [5, 5.41) is 8.04. The van der Waals surface area contributed by atoms with Crippen molar-refractivity contribution in [3.8, 4) is 0 Å². The van der Waals surface area contributed by atoms with Gasteiger partial charge in [-0.2, -0.15) is 0 Å². The van der Waals surface area contributed by atoms with Crippen LogP contribution in [-0.2, 0) is 17.8 Å². The van der Waals surface area contributed by atoms with Crippen molar-refractivity contribution in [3.63, 3.8) is 0 Å². The summed E-state index contributed by atoms with van der Waals surface area (Å²) in [5.41, 5.74) is 6.36. The summed E-state index contributed by atoms with van der Waals surface area (Å²) >= 11 is 0. The fourth-order valence-electron chi connectivity index (χ4n) is 2.37. The summed E-state index contributed by atoms with van der Waals surface area (Å²) in [7, 11) is 0. The molecule has 1 saturated heterocycles. The molecule has 6 nitrogen and oxygen atoms in total. The van der Waals surface area contributed by atoms with Gasteiger partial charge in [-0.25, -0.2) is 0 Å². The van der Waals surface area contributed by atoms with Gasteiger partial charge in [0.15, 0.2) is 0 Å². The molecule has 0 spiro atoms. The zero-order valence-corrected chi connectivity index (χ0v) is 11.1. The number of ether oxygens (including phenoxy) is 1. The zero-order valence-electron chi connectivity index (χ0n) is 11.1. The van der Waals surface area contributed by atoms with Gasteiger partial charge in [0.1, 0.15) is 0 Å². The molecule has 2 N–H and O–H groups in total. The molecule has 1 aliphatic heterocycles. The van der Waals surface area contributed by atoms with Crippen molar-refractivity contribution < 1.29 is 4.74 Å². The van der Waals surface area contributed by atoms with E-state index < -0.39 is 0 Å². The third-order valence-corrected chi connectivity index (χ3v) is 3.31. The third-order valence-electron chi connectivity index (χ3n) is 3.31. The van der Waals surface area contributed by atoms with Crippen LogP contribution in [0.3, 0.4) is 0 Å². The number of nitrogens with zero attached hydrogens (tertiary/aromatic N) is 4. The molecule has 102 valence electrons. The molecule has 1 aromatic heterocycles. The van der Waals surface area contributed by atoms with Crippen LogP contribution in [0.15, 0.2) is 6.20 Å². The summed E-state index contributed by atoms with van der Waals surface area (Å²) in [6.45, 7) is 7.37. The first-order valence-electron chi connectivity index (χ1n) is 6.75. The molecule has 0 amide bonds. The lowest BCUT2D eigenvalue weighted by Crippen LogP contribution is -2.41. The first-order chi connectivity index (χ1) is 8.81. The van der Waals surface area contributed by atoms with Crippen LogP contribution in [0.25, 0.3) is 0 Å². The monoisotopic (exact) mass is 253 g/mol. The molecule has 1 aromatic rings. The van der Waals surface area contributed by atoms with Gasteiger partial charge in [-0.15, -0.1) is 5.10 Å². The highest BCUT2D eigenvalue weighted by Crippen LogP contribution is 2.12. The molecule has 0 aromatic carbocycles. The third kappa shape index (κ3) is 3.76. The molecule has 1 atom stereocenters. The van der Waals surface area contributed by atoms with Crippen LogP contribution in [-0.4, -0.2) is 52.2 Å². The van der Waals surface area contributed by atoms with E-state index in [0.717, 1.165) is 38.5 Å².